The lowest BCUT2D eigenvalue weighted by Crippen LogP contribution is -2.43. The largest absolute Gasteiger partial charge is 0.351 e. The second kappa shape index (κ2) is 8.23. The molecule has 1 aliphatic heterocycles. The fraction of sp³-hybridized carbons (Fsp3) is 0.450. The van der Waals surface area contributed by atoms with E-state index in [1.165, 1.54) is 12.1 Å². The van der Waals surface area contributed by atoms with Gasteiger partial charge in [0.2, 0.25) is 0 Å². The van der Waals surface area contributed by atoms with Crippen molar-refractivity contribution in [3.8, 4) is 5.69 Å². The van der Waals surface area contributed by atoms with Crippen LogP contribution >= 0.6 is 12.4 Å². The standard InChI is InChI=1S/C20H26FN3O.ClH/c1-14-12-18(15(2)24(14)17-6-4-16(21)5-7-17)19(25)23-13-20(3)8-10-22-11-9-20;/h4-7,12,22H,8-11,13H2,1-3H3,(H,23,25);1H. The molecule has 0 radical (unpaired) electrons. The third-order valence-electron chi connectivity index (χ3n) is 5.25. The van der Waals surface area contributed by atoms with Gasteiger partial charge in [0.15, 0.2) is 0 Å². The first-order chi connectivity index (χ1) is 11.9. The first kappa shape index (κ1) is 20.5. The smallest absolute Gasteiger partial charge is 0.253 e. The molecular weight excluding hydrogens is 353 g/mol. The highest BCUT2D eigenvalue weighted by Crippen LogP contribution is 2.27. The first-order valence-corrected chi connectivity index (χ1v) is 8.83. The van der Waals surface area contributed by atoms with E-state index in [1.807, 2.05) is 24.5 Å². The van der Waals surface area contributed by atoms with Gasteiger partial charge >= 0.3 is 0 Å². The zero-order valence-corrected chi connectivity index (χ0v) is 16.4. The second-order valence-electron chi connectivity index (χ2n) is 7.34. The first-order valence-electron chi connectivity index (χ1n) is 8.83. The SMILES string of the molecule is Cc1cc(C(=O)NCC2(C)CCNCC2)c(C)n1-c1ccc(F)cc1.Cl. The maximum atomic E-state index is 13.2. The van der Waals surface area contributed by atoms with E-state index < -0.39 is 0 Å². The number of amides is 1. The van der Waals surface area contributed by atoms with Crippen LogP contribution in [0.2, 0.25) is 0 Å². The number of benzene rings is 1. The third-order valence-corrected chi connectivity index (χ3v) is 5.25. The number of aryl methyl sites for hydroxylation is 1. The number of hydrogen-bond acceptors (Lipinski definition) is 2. The van der Waals surface area contributed by atoms with Crippen LogP contribution in [0.25, 0.3) is 5.69 Å². The highest BCUT2D eigenvalue weighted by Gasteiger charge is 2.27. The minimum atomic E-state index is -0.264. The Hall–Kier alpha value is -1.85. The van der Waals surface area contributed by atoms with Gasteiger partial charge in [-0.2, -0.15) is 0 Å². The van der Waals surface area contributed by atoms with Crippen molar-refractivity contribution in [2.24, 2.45) is 5.41 Å². The molecule has 142 valence electrons. The summed E-state index contributed by atoms with van der Waals surface area (Å²) in [6.45, 7) is 8.82. The van der Waals surface area contributed by atoms with Gasteiger partial charge in [0.05, 0.1) is 5.56 Å². The summed E-state index contributed by atoms with van der Waals surface area (Å²) in [4.78, 5) is 12.7. The summed E-state index contributed by atoms with van der Waals surface area (Å²) in [6, 6.07) is 8.23. The van der Waals surface area contributed by atoms with Gasteiger partial charge in [0.25, 0.3) is 5.91 Å². The van der Waals surface area contributed by atoms with Gasteiger partial charge in [-0.15, -0.1) is 12.4 Å². The van der Waals surface area contributed by atoms with Gasteiger partial charge in [0.1, 0.15) is 5.82 Å². The van der Waals surface area contributed by atoms with Gasteiger partial charge in [-0.05, 0) is 75.5 Å². The molecule has 6 heteroatoms. The van der Waals surface area contributed by atoms with Gasteiger partial charge in [-0.1, -0.05) is 6.92 Å². The molecule has 1 aromatic heterocycles. The van der Waals surface area contributed by atoms with Gasteiger partial charge in [0, 0.05) is 23.6 Å². The van der Waals surface area contributed by atoms with Gasteiger partial charge in [-0.25, -0.2) is 4.39 Å². The molecule has 1 saturated heterocycles. The van der Waals surface area contributed by atoms with E-state index in [9.17, 15) is 9.18 Å². The van der Waals surface area contributed by atoms with Crippen molar-refractivity contribution in [3.63, 3.8) is 0 Å². The molecule has 4 nitrogen and oxygen atoms in total. The number of piperidine rings is 1. The third kappa shape index (κ3) is 4.27. The lowest BCUT2D eigenvalue weighted by Gasteiger charge is -2.34. The summed E-state index contributed by atoms with van der Waals surface area (Å²) in [5.41, 5.74) is 3.53. The van der Waals surface area contributed by atoms with Crippen LogP contribution < -0.4 is 10.6 Å². The van der Waals surface area contributed by atoms with Gasteiger partial charge in [-0.3, -0.25) is 4.79 Å². The highest BCUT2D eigenvalue weighted by atomic mass is 35.5. The minimum Gasteiger partial charge on any atom is -0.351 e. The number of carbonyl (C=O) groups is 1. The molecule has 1 aromatic carbocycles. The Morgan fingerprint density at radius 3 is 2.46 bits per heavy atom. The van der Waals surface area contributed by atoms with Crippen LogP contribution in [0, 0.1) is 25.1 Å². The second-order valence-corrected chi connectivity index (χ2v) is 7.34. The van der Waals surface area contributed by atoms with E-state index >= 15 is 0 Å². The molecule has 1 amide bonds. The number of rotatable bonds is 4. The van der Waals surface area contributed by atoms with Crippen molar-refractivity contribution in [1.29, 1.82) is 0 Å². The molecule has 0 aliphatic carbocycles. The molecule has 2 heterocycles. The van der Waals surface area contributed by atoms with Gasteiger partial charge < -0.3 is 15.2 Å². The van der Waals surface area contributed by atoms with E-state index in [1.54, 1.807) is 12.1 Å². The summed E-state index contributed by atoms with van der Waals surface area (Å²) in [5.74, 6) is -0.305. The molecule has 3 rings (SSSR count). The normalized spacial score (nSPS) is 16.0. The number of nitrogens with zero attached hydrogens (tertiary/aromatic N) is 1. The zero-order chi connectivity index (χ0) is 18.0. The molecule has 2 aromatic rings. The van der Waals surface area contributed by atoms with Crippen molar-refractivity contribution in [3.05, 3.63) is 53.1 Å². The summed E-state index contributed by atoms with van der Waals surface area (Å²) < 4.78 is 15.2. The Balaban J connectivity index is 0.00000243. The van der Waals surface area contributed by atoms with Crippen LogP contribution in [0.15, 0.2) is 30.3 Å². The Kier molecular flexibility index (Phi) is 6.48. The Morgan fingerprint density at radius 2 is 1.85 bits per heavy atom. The number of hydrogen-bond donors (Lipinski definition) is 2. The molecule has 0 bridgehead atoms. The molecule has 26 heavy (non-hydrogen) atoms. The maximum Gasteiger partial charge on any atom is 0.253 e. The Labute approximate surface area is 160 Å². The molecule has 0 spiro atoms. The number of aromatic nitrogens is 1. The summed E-state index contributed by atoms with van der Waals surface area (Å²) in [7, 11) is 0. The Bertz CT molecular complexity index is 764. The van der Waals surface area contributed by atoms with Crippen LogP contribution in [-0.2, 0) is 0 Å². The van der Waals surface area contributed by atoms with Crippen molar-refractivity contribution in [1.82, 2.24) is 15.2 Å². The van der Waals surface area contributed by atoms with Crippen LogP contribution in [0.4, 0.5) is 4.39 Å². The fourth-order valence-corrected chi connectivity index (χ4v) is 3.58. The van der Waals surface area contributed by atoms with E-state index in [2.05, 4.69) is 17.6 Å². The molecular formula is C20H27ClFN3O. The maximum absolute atomic E-state index is 13.2. The molecule has 0 atom stereocenters. The van der Waals surface area contributed by atoms with E-state index in [0.717, 1.165) is 43.0 Å². The van der Waals surface area contributed by atoms with Crippen LogP contribution in [-0.4, -0.2) is 30.1 Å². The summed E-state index contributed by atoms with van der Waals surface area (Å²) in [6.07, 6.45) is 2.14. The molecule has 2 N–H and O–H groups in total. The van der Waals surface area contributed by atoms with Crippen molar-refractivity contribution >= 4 is 18.3 Å². The number of nitrogens with one attached hydrogen (secondary N) is 2. The summed E-state index contributed by atoms with van der Waals surface area (Å²) in [5, 5.41) is 6.47. The lowest BCUT2D eigenvalue weighted by molar-refractivity contribution is 0.0921. The average molecular weight is 380 g/mol. The van der Waals surface area contributed by atoms with Crippen LogP contribution in [0.3, 0.4) is 0 Å². The van der Waals surface area contributed by atoms with E-state index in [4.69, 9.17) is 0 Å². The predicted octanol–water partition coefficient (Wildman–Crippen LogP) is 3.77. The molecule has 0 unspecified atom stereocenters. The molecule has 1 fully saturated rings. The highest BCUT2D eigenvalue weighted by molar-refractivity contribution is 5.96. The molecule has 1 aliphatic rings. The average Bonchev–Trinajstić information content (AvgIpc) is 2.89. The Morgan fingerprint density at radius 1 is 1.23 bits per heavy atom. The quantitative estimate of drug-likeness (QED) is 0.849. The van der Waals surface area contributed by atoms with Crippen molar-refractivity contribution in [2.75, 3.05) is 19.6 Å². The fourth-order valence-electron chi connectivity index (χ4n) is 3.58. The van der Waals surface area contributed by atoms with E-state index in [-0.39, 0.29) is 29.5 Å². The number of carbonyl (C=O) groups excluding carboxylic acids is 1. The monoisotopic (exact) mass is 379 g/mol. The van der Waals surface area contributed by atoms with Crippen LogP contribution in [0.1, 0.15) is 41.5 Å². The van der Waals surface area contributed by atoms with Crippen molar-refractivity contribution < 1.29 is 9.18 Å². The summed E-state index contributed by atoms with van der Waals surface area (Å²) >= 11 is 0. The van der Waals surface area contributed by atoms with E-state index in [0.29, 0.717) is 12.1 Å². The minimum absolute atomic E-state index is 0. The topological polar surface area (TPSA) is 46.1 Å². The van der Waals surface area contributed by atoms with Crippen molar-refractivity contribution in [2.45, 2.75) is 33.6 Å². The zero-order valence-electron chi connectivity index (χ0n) is 15.6. The van der Waals surface area contributed by atoms with Crippen LogP contribution in [0.5, 0.6) is 0 Å². The lowest BCUT2D eigenvalue weighted by atomic mass is 9.81. The predicted molar refractivity (Wildman–Crippen MR) is 105 cm³/mol. The molecule has 0 saturated carbocycles. The number of halogens is 2.